The topological polar surface area (TPSA) is 76.5 Å². The van der Waals surface area contributed by atoms with E-state index in [1.54, 1.807) is 12.1 Å². The number of rotatable bonds is 9. The molecular weight excluding hydrogens is 428 g/mol. The van der Waals surface area contributed by atoms with Crippen LogP contribution in [0.2, 0.25) is 0 Å². The number of morpholine rings is 1. The van der Waals surface area contributed by atoms with Gasteiger partial charge in [-0.25, -0.2) is 4.68 Å². The first-order valence-electron chi connectivity index (χ1n) is 12.2. The molecule has 3 aromatic rings. The predicted molar refractivity (Wildman–Crippen MR) is 134 cm³/mol. The molecule has 1 aliphatic heterocycles. The van der Waals surface area contributed by atoms with E-state index in [1.807, 2.05) is 12.1 Å². The first kappa shape index (κ1) is 24.1. The molecule has 1 amide bonds. The monoisotopic (exact) mass is 462 g/mol. The Labute approximate surface area is 200 Å². The smallest absolute Gasteiger partial charge is 0.274 e. The molecule has 7 heteroatoms. The summed E-state index contributed by atoms with van der Waals surface area (Å²) in [5, 5.41) is 8.74. The summed E-state index contributed by atoms with van der Waals surface area (Å²) in [4.78, 5) is 28.7. The molecule has 0 aliphatic carbocycles. The van der Waals surface area contributed by atoms with E-state index in [2.05, 4.69) is 53.4 Å². The molecule has 180 valence electrons. The minimum absolute atomic E-state index is 0.0372. The fourth-order valence-electron chi connectivity index (χ4n) is 4.47. The van der Waals surface area contributed by atoms with Crippen molar-refractivity contribution < 1.29 is 9.53 Å². The summed E-state index contributed by atoms with van der Waals surface area (Å²) in [6.07, 6.45) is 2.92. The summed E-state index contributed by atoms with van der Waals surface area (Å²) >= 11 is 0. The van der Waals surface area contributed by atoms with Crippen molar-refractivity contribution in [2.24, 2.45) is 0 Å². The van der Waals surface area contributed by atoms with Crippen LogP contribution in [0, 0.1) is 6.92 Å². The average molecular weight is 463 g/mol. The Kier molecular flexibility index (Phi) is 8.08. The maximum Gasteiger partial charge on any atom is 0.274 e. The third-order valence-corrected chi connectivity index (χ3v) is 6.46. The molecule has 2 heterocycles. The highest BCUT2D eigenvalue weighted by Crippen LogP contribution is 2.22. The van der Waals surface area contributed by atoms with Gasteiger partial charge in [0.05, 0.1) is 24.6 Å². The predicted octanol–water partition coefficient (Wildman–Crippen LogP) is 3.70. The van der Waals surface area contributed by atoms with Gasteiger partial charge in [0.2, 0.25) is 0 Å². The van der Waals surface area contributed by atoms with Crippen LogP contribution < -0.4 is 10.9 Å². The van der Waals surface area contributed by atoms with Gasteiger partial charge in [-0.05, 0) is 25.0 Å². The lowest BCUT2D eigenvalue weighted by Crippen LogP contribution is -2.44. The van der Waals surface area contributed by atoms with Gasteiger partial charge in [-0.15, -0.1) is 0 Å². The van der Waals surface area contributed by atoms with Gasteiger partial charge in [-0.3, -0.25) is 14.5 Å². The van der Waals surface area contributed by atoms with Crippen LogP contribution in [0.3, 0.4) is 0 Å². The van der Waals surface area contributed by atoms with Crippen molar-refractivity contribution >= 4 is 16.7 Å². The Morgan fingerprint density at radius 1 is 1.06 bits per heavy atom. The van der Waals surface area contributed by atoms with Crippen LogP contribution >= 0.6 is 0 Å². The quantitative estimate of drug-likeness (QED) is 0.491. The summed E-state index contributed by atoms with van der Waals surface area (Å²) in [7, 11) is 0. The van der Waals surface area contributed by atoms with Crippen molar-refractivity contribution in [2.75, 3.05) is 32.8 Å². The molecule has 7 nitrogen and oxygen atoms in total. The van der Waals surface area contributed by atoms with Crippen LogP contribution in [0.15, 0.2) is 53.3 Å². The fourth-order valence-corrected chi connectivity index (χ4v) is 4.47. The van der Waals surface area contributed by atoms with Gasteiger partial charge in [-0.1, -0.05) is 67.8 Å². The molecule has 0 saturated carbocycles. The number of ether oxygens (including phenoxy) is 1. The maximum absolute atomic E-state index is 13.4. The number of hydrogen-bond donors (Lipinski definition) is 1. The average Bonchev–Trinajstić information content (AvgIpc) is 2.87. The van der Waals surface area contributed by atoms with Gasteiger partial charge < -0.3 is 10.1 Å². The summed E-state index contributed by atoms with van der Waals surface area (Å²) in [5.74, 6) is -0.259. The highest BCUT2D eigenvalue weighted by Gasteiger charge is 2.24. The van der Waals surface area contributed by atoms with Gasteiger partial charge in [0.15, 0.2) is 5.69 Å². The van der Waals surface area contributed by atoms with Crippen molar-refractivity contribution in [1.29, 1.82) is 0 Å². The number of aryl methyl sites for hydroxylation is 2. The summed E-state index contributed by atoms with van der Waals surface area (Å²) in [6.45, 7) is 8.16. The van der Waals surface area contributed by atoms with Crippen molar-refractivity contribution in [3.05, 3.63) is 75.7 Å². The number of nitrogens with zero attached hydrogens (tertiary/aromatic N) is 3. The van der Waals surface area contributed by atoms with Gasteiger partial charge >= 0.3 is 0 Å². The Morgan fingerprint density at radius 2 is 1.76 bits per heavy atom. The lowest BCUT2D eigenvalue weighted by molar-refractivity contribution is 0.0162. The first-order valence-corrected chi connectivity index (χ1v) is 12.2. The molecule has 0 spiro atoms. The van der Waals surface area contributed by atoms with Crippen LogP contribution in [-0.4, -0.2) is 53.4 Å². The van der Waals surface area contributed by atoms with Gasteiger partial charge in [-0.2, -0.15) is 5.10 Å². The third kappa shape index (κ3) is 5.54. The number of carbonyl (C=O) groups excluding carboxylic acids is 1. The molecule has 1 saturated heterocycles. The van der Waals surface area contributed by atoms with E-state index in [0.717, 1.165) is 37.9 Å². The molecule has 1 aromatic heterocycles. The molecule has 1 unspecified atom stereocenters. The highest BCUT2D eigenvalue weighted by atomic mass is 16.5. The van der Waals surface area contributed by atoms with Crippen LogP contribution in [0.4, 0.5) is 0 Å². The number of fused-ring (bicyclic) bond motifs is 1. The molecule has 2 aromatic carbocycles. The van der Waals surface area contributed by atoms with Gasteiger partial charge in [0.25, 0.3) is 11.5 Å². The van der Waals surface area contributed by atoms with Crippen LogP contribution in [0.5, 0.6) is 0 Å². The molecule has 34 heavy (non-hydrogen) atoms. The molecule has 1 aliphatic rings. The van der Waals surface area contributed by atoms with E-state index in [4.69, 9.17) is 4.74 Å². The molecular formula is C27H34N4O3. The summed E-state index contributed by atoms with van der Waals surface area (Å²) in [5.41, 5.74) is 2.52. The Bertz CT molecular complexity index is 1170. The van der Waals surface area contributed by atoms with Crippen LogP contribution in [0.25, 0.3) is 10.8 Å². The number of unbranched alkanes of at least 4 members (excludes halogenated alkanes) is 2. The largest absolute Gasteiger partial charge is 0.379 e. The number of hydrogen-bond acceptors (Lipinski definition) is 5. The summed E-state index contributed by atoms with van der Waals surface area (Å²) < 4.78 is 6.99. The van der Waals surface area contributed by atoms with Crippen LogP contribution in [-0.2, 0) is 11.3 Å². The number of amides is 1. The second-order valence-electron chi connectivity index (χ2n) is 8.91. The molecule has 4 rings (SSSR count). The molecule has 0 radical (unpaired) electrons. The second-order valence-corrected chi connectivity index (χ2v) is 8.91. The SMILES string of the molecule is CCCCCn1nc(C(=O)NCC(c2ccc(C)cc2)N2CCOCC2)c2ccccc2c1=O. The van der Waals surface area contributed by atoms with Crippen LogP contribution in [0.1, 0.15) is 53.8 Å². The normalized spacial score (nSPS) is 15.4. The van der Waals surface area contributed by atoms with E-state index in [0.29, 0.717) is 42.8 Å². The molecule has 0 bridgehead atoms. The highest BCUT2D eigenvalue weighted by molar-refractivity contribution is 6.04. The number of nitrogens with one attached hydrogen (secondary N) is 1. The maximum atomic E-state index is 13.4. The zero-order valence-electron chi connectivity index (χ0n) is 20.1. The summed E-state index contributed by atoms with van der Waals surface area (Å²) in [6, 6.07) is 15.7. The van der Waals surface area contributed by atoms with Crippen molar-refractivity contribution in [2.45, 2.75) is 45.7 Å². The lowest BCUT2D eigenvalue weighted by Gasteiger charge is -2.35. The third-order valence-electron chi connectivity index (χ3n) is 6.46. The molecule has 1 N–H and O–H groups in total. The Balaban J connectivity index is 1.60. The Morgan fingerprint density at radius 3 is 2.47 bits per heavy atom. The number of aromatic nitrogens is 2. The van der Waals surface area contributed by atoms with Crippen molar-refractivity contribution in [1.82, 2.24) is 20.0 Å². The van der Waals surface area contributed by atoms with E-state index >= 15 is 0 Å². The molecule has 1 atom stereocenters. The zero-order chi connectivity index (χ0) is 23.9. The standard InChI is InChI=1S/C27H34N4O3/c1-3-4-7-14-31-27(33)23-9-6-5-8-22(23)25(29-31)26(32)28-19-24(30-15-17-34-18-16-30)21-12-10-20(2)11-13-21/h5-6,8-13,24H,3-4,7,14-19H2,1-2H3,(H,28,32). The lowest BCUT2D eigenvalue weighted by atomic mass is 10.0. The van der Waals surface area contributed by atoms with Gasteiger partial charge in [0.1, 0.15) is 0 Å². The van der Waals surface area contributed by atoms with E-state index < -0.39 is 0 Å². The van der Waals surface area contributed by atoms with E-state index in [9.17, 15) is 9.59 Å². The fraction of sp³-hybridized carbons (Fsp3) is 0.444. The zero-order valence-corrected chi connectivity index (χ0v) is 20.1. The van der Waals surface area contributed by atoms with Gasteiger partial charge in [0, 0.05) is 31.6 Å². The number of benzene rings is 2. The van der Waals surface area contributed by atoms with E-state index in [-0.39, 0.29) is 17.5 Å². The van der Waals surface area contributed by atoms with Crippen molar-refractivity contribution in [3.63, 3.8) is 0 Å². The first-order chi connectivity index (χ1) is 16.6. The van der Waals surface area contributed by atoms with Crippen molar-refractivity contribution in [3.8, 4) is 0 Å². The Hall–Kier alpha value is -3.03. The minimum atomic E-state index is -0.259. The van der Waals surface area contributed by atoms with E-state index in [1.165, 1.54) is 10.2 Å². The molecule has 1 fully saturated rings. The number of carbonyl (C=O) groups is 1. The minimum Gasteiger partial charge on any atom is -0.379 e. The second kappa shape index (κ2) is 11.4.